The molecule has 4 heteroatoms. The quantitative estimate of drug-likeness (QED) is 0.622. The van der Waals surface area contributed by atoms with Crippen molar-refractivity contribution in [3.63, 3.8) is 0 Å². The van der Waals surface area contributed by atoms with Crippen molar-refractivity contribution < 1.29 is 9.53 Å². The number of ether oxygens (including phenoxy) is 1. The van der Waals surface area contributed by atoms with Crippen molar-refractivity contribution in [1.82, 2.24) is 5.43 Å². The summed E-state index contributed by atoms with van der Waals surface area (Å²) in [5.41, 5.74) is 7.43. The van der Waals surface area contributed by atoms with E-state index in [0.29, 0.717) is 0 Å². The number of hydrogen-bond donors (Lipinski definition) is 2. The van der Waals surface area contributed by atoms with Crippen LogP contribution in [0.3, 0.4) is 0 Å². The molecule has 0 aliphatic carbocycles. The topological polar surface area (TPSA) is 50.4 Å². The zero-order valence-electron chi connectivity index (χ0n) is 10.8. The van der Waals surface area contributed by atoms with Gasteiger partial charge in [-0.1, -0.05) is 17.7 Å². The summed E-state index contributed by atoms with van der Waals surface area (Å²) in [4.78, 5) is 11.4. The molecule has 0 aliphatic rings. The third-order valence-electron chi connectivity index (χ3n) is 1.94. The Morgan fingerprint density at radius 1 is 1.24 bits per heavy atom. The van der Waals surface area contributed by atoms with E-state index in [4.69, 9.17) is 4.74 Å². The van der Waals surface area contributed by atoms with Gasteiger partial charge in [-0.3, -0.25) is 4.79 Å². The molecular formula is C13H20N2O2. The van der Waals surface area contributed by atoms with Crippen LogP contribution in [0, 0.1) is 6.92 Å². The van der Waals surface area contributed by atoms with Crippen molar-refractivity contribution >= 4 is 11.7 Å². The Morgan fingerprint density at radius 2 is 1.82 bits per heavy atom. The van der Waals surface area contributed by atoms with Gasteiger partial charge in [0.05, 0.1) is 0 Å². The van der Waals surface area contributed by atoms with Gasteiger partial charge in [0.15, 0.2) is 0 Å². The van der Waals surface area contributed by atoms with Gasteiger partial charge in [0.25, 0.3) is 0 Å². The van der Waals surface area contributed by atoms with E-state index in [1.54, 1.807) is 0 Å². The van der Waals surface area contributed by atoms with E-state index < -0.39 is 5.60 Å². The Bertz CT molecular complexity index is 366. The molecule has 17 heavy (non-hydrogen) atoms. The summed E-state index contributed by atoms with van der Waals surface area (Å²) in [6, 6.07) is 7.88. The molecule has 0 fully saturated rings. The molecule has 1 rings (SSSR count). The number of anilines is 1. The Hall–Kier alpha value is -1.55. The van der Waals surface area contributed by atoms with Crippen LogP contribution >= 0.6 is 0 Å². The monoisotopic (exact) mass is 236 g/mol. The average molecular weight is 236 g/mol. The summed E-state index contributed by atoms with van der Waals surface area (Å²) in [5.74, 6) is -0.280. The first kappa shape index (κ1) is 13.5. The van der Waals surface area contributed by atoms with Gasteiger partial charge >= 0.3 is 5.97 Å². The van der Waals surface area contributed by atoms with Gasteiger partial charge in [-0.2, -0.15) is 0 Å². The molecule has 0 bridgehead atoms. The van der Waals surface area contributed by atoms with Crippen LogP contribution in [0.15, 0.2) is 24.3 Å². The molecule has 0 heterocycles. The van der Waals surface area contributed by atoms with Crippen LogP contribution < -0.4 is 10.9 Å². The zero-order chi connectivity index (χ0) is 12.9. The van der Waals surface area contributed by atoms with Gasteiger partial charge in [-0.25, -0.2) is 5.43 Å². The van der Waals surface area contributed by atoms with Gasteiger partial charge in [-0.15, -0.1) is 0 Å². The number of aryl methyl sites for hydroxylation is 1. The van der Waals surface area contributed by atoms with Crippen LogP contribution in [0.2, 0.25) is 0 Å². The highest BCUT2D eigenvalue weighted by Crippen LogP contribution is 2.08. The van der Waals surface area contributed by atoms with Gasteiger partial charge in [0.2, 0.25) is 0 Å². The average Bonchev–Trinajstić information content (AvgIpc) is 2.18. The maximum Gasteiger partial charge on any atom is 0.322 e. The molecule has 0 radical (unpaired) electrons. The molecular weight excluding hydrogens is 216 g/mol. The number of hydrogen-bond acceptors (Lipinski definition) is 4. The normalized spacial score (nSPS) is 11.1. The molecule has 0 aliphatic heterocycles. The van der Waals surface area contributed by atoms with Crippen LogP contribution in [-0.2, 0) is 9.53 Å². The second kappa shape index (κ2) is 5.68. The number of rotatable bonds is 4. The molecule has 1 aromatic carbocycles. The molecule has 0 aromatic heterocycles. The van der Waals surface area contributed by atoms with E-state index in [2.05, 4.69) is 10.9 Å². The summed E-state index contributed by atoms with van der Waals surface area (Å²) in [6.45, 7) is 7.69. The lowest BCUT2D eigenvalue weighted by Crippen LogP contribution is -2.34. The standard InChI is InChI=1S/C13H20N2O2/c1-10-5-7-11(8-6-10)15-14-9-12(16)17-13(2,3)4/h5-8,14-15H,9H2,1-4H3. The lowest BCUT2D eigenvalue weighted by atomic mass is 10.2. The van der Waals surface area contributed by atoms with E-state index in [1.807, 2.05) is 52.0 Å². The summed E-state index contributed by atoms with van der Waals surface area (Å²) in [5, 5.41) is 0. The van der Waals surface area contributed by atoms with Crippen molar-refractivity contribution in [2.75, 3.05) is 12.0 Å². The van der Waals surface area contributed by atoms with Crippen LogP contribution in [0.1, 0.15) is 26.3 Å². The first-order chi connectivity index (χ1) is 7.87. The zero-order valence-corrected chi connectivity index (χ0v) is 10.8. The number of nitrogens with one attached hydrogen (secondary N) is 2. The molecule has 94 valence electrons. The Kier molecular flexibility index (Phi) is 4.52. The fourth-order valence-corrected chi connectivity index (χ4v) is 1.23. The SMILES string of the molecule is Cc1ccc(NNCC(=O)OC(C)(C)C)cc1. The Morgan fingerprint density at radius 3 is 2.35 bits per heavy atom. The third-order valence-corrected chi connectivity index (χ3v) is 1.94. The molecule has 1 aromatic rings. The van der Waals surface area contributed by atoms with E-state index in [-0.39, 0.29) is 12.5 Å². The van der Waals surface area contributed by atoms with E-state index in [0.717, 1.165) is 5.69 Å². The first-order valence-electron chi connectivity index (χ1n) is 5.64. The minimum absolute atomic E-state index is 0.130. The van der Waals surface area contributed by atoms with Crippen LogP contribution in [0.5, 0.6) is 0 Å². The highest BCUT2D eigenvalue weighted by atomic mass is 16.6. The van der Waals surface area contributed by atoms with Crippen LogP contribution in [-0.4, -0.2) is 18.1 Å². The van der Waals surface area contributed by atoms with Gasteiger partial charge in [0, 0.05) is 5.69 Å². The highest BCUT2D eigenvalue weighted by Gasteiger charge is 2.15. The fraction of sp³-hybridized carbons (Fsp3) is 0.462. The number of carbonyl (C=O) groups excluding carboxylic acids is 1. The van der Waals surface area contributed by atoms with Crippen molar-refractivity contribution in [2.45, 2.75) is 33.3 Å². The molecule has 0 saturated carbocycles. The Balaban J connectivity index is 2.28. The Labute approximate surface area is 102 Å². The summed E-state index contributed by atoms with van der Waals surface area (Å²) < 4.78 is 5.15. The van der Waals surface area contributed by atoms with Crippen LogP contribution in [0.25, 0.3) is 0 Å². The van der Waals surface area contributed by atoms with Crippen molar-refractivity contribution in [1.29, 1.82) is 0 Å². The van der Waals surface area contributed by atoms with E-state index >= 15 is 0 Å². The molecule has 2 N–H and O–H groups in total. The van der Waals surface area contributed by atoms with Crippen LogP contribution in [0.4, 0.5) is 5.69 Å². The fourth-order valence-electron chi connectivity index (χ4n) is 1.23. The largest absolute Gasteiger partial charge is 0.459 e. The molecule has 0 saturated heterocycles. The van der Waals surface area contributed by atoms with Crippen molar-refractivity contribution in [2.24, 2.45) is 0 Å². The predicted molar refractivity (Wildman–Crippen MR) is 68.6 cm³/mol. The molecule has 0 amide bonds. The minimum Gasteiger partial charge on any atom is -0.459 e. The maximum absolute atomic E-state index is 11.4. The number of hydrazine groups is 1. The highest BCUT2D eigenvalue weighted by molar-refractivity contribution is 5.72. The summed E-state index contributed by atoms with van der Waals surface area (Å²) in [6.07, 6.45) is 0. The smallest absolute Gasteiger partial charge is 0.322 e. The second-order valence-corrected chi connectivity index (χ2v) is 4.93. The third kappa shape index (κ3) is 5.92. The minimum atomic E-state index is -0.442. The van der Waals surface area contributed by atoms with E-state index in [9.17, 15) is 4.79 Å². The lowest BCUT2D eigenvalue weighted by Gasteiger charge is -2.19. The summed E-state index contributed by atoms with van der Waals surface area (Å²) >= 11 is 0. The maximum atomic E-state index is 11.4. The molecule has 4 nitrogen and oxygen atoms in total. The molecule has 0 unspecified atom stereocenters. The van der Waals surface area contributed by atoms with Crippen molar-refractivity contribution in [3.05, 3.63) is 29.8 Å². The van der Waals surface area contributed by atoms with Gasteiger partial charge in [-0.05, 0) is 39.8 Å². The lowest BCUT2D eigenvalue weighted by molar-refractivity contribution is -0.153. The van der Waals surface area contributed by atoms with E-state index in [1.165, 1.54) is 5.56 Å². The molecule has 0 atom stereocenters. The first-order valence-corrected chi connectivity index (χ1v) is 5.64. The number of benzene rings is 1. The second-order valence-electron chi connectivity index (χ2n) is 4.93. The van der Waals surface area contributed by atoms with Gasteiger partial charge < -0.3 is 10.2 Å². The van der Waals surface area contributed by atoms with Crippen molar-refractivity contribution in [3.8, 4) is 0 Å². The number of esters is 1. The summed E-state index contributed by atoms with van der Waals surface area (Å²) in [7, 11) is 0. The van der Waals surface area contributed by atoms with Gasteiger partial charge in [0.1, 0.15) is 12.1 Å². The number of carbonyl (C=O) groups is 1. The molecule has 0 spiro atoms. The predicted octanol–water partition coefficient (Wildman–Crippen LogP) is 2.25.